The van der Waals surface area contributed by atoms with Crippen LogP contribution in [0.4, 0.5) is 0 Å². The Bertz CT molecular complexity index is 546. The molecule has 4 nitrogen and oxygen atoms in total. The maximum atomic E-state index is 12.2. The van der Waals surface area contributed by atoms with Crippen LogP contribution in [0.1, 0.15) is 76.0 Å². The molecule has 0 radical (unpaired) electrons. The normalized spacial score (nSPS) is 12.7. The third-order valence-electron chi connectivity index (χ3n) is 3.46. The van der Waals surface area contributed by atoms with E-state index < -0.39 is 10.1 Å². The number of hydrogen-bond donors (Lipinski definition) is 1. The fraction of sp³-hybridized carbons (Fsp3) is 0.600. The molecule has 0 spiro atoms. The fourth-order valence-electron chi connectivity index (χ4n) is 2.23. The number of benzene rings is 1. The SMILES string of the molecule is CC(C)c1cc(C(C)C)c(S(=O)(=O)ON)c(C(C)C)c1. The van der Waals surface area contributed by atoms with E-state index in [1.165, 1.54) is 0 Å². The summed E-state index contributed by atoms with van der Waals surface area (Å²) in [5, 5.41) is 0. The van der Waals surface area contributed by atoms with Crippen LogP contribution in [-0.2, 0) is 14.4 Å². The lowest BCUT2D eigenvalue weighted by Gasteiger charge is -2.21. The van der Waals surface area contributed by atoms with Gasteiger partial charge in [0.2, 0.25) is 0 Å². The van der Waals surface area contributed by atoms with Gasteiger partial charge in [0.1, 0.15) is 4.90 Å². The first-order chi connectivity index (χ1) is 9.11. The Balaban J connectivity index is 3.78. The van der Waals surface area contributed by atoms with Crippen LogP contribution < -0.4 is 5.90 Å². The molecular weight excluding hydrogens is 274 g/mol. The quantitative estimate of drug-likeness (QED) is 0.843. The van der Waals surface area contributed by atoms with Crippen LogP contribution in [0.25, 0.3) is 0 Å². The van der Waals surface area contributed by atoms with E-state index in [4.69, 9.17) is 5.90 Å². The van der Waals surface area contributed by atoms with Crippen LogP contribution in [0.2, 0.25) is 0 Å². The summed E-state index contributed by atoms with van der Waals surface area (Å²) >= 11 is 0. The van der Waals surface area contributed by atoms with Crippen LogP contribution in [0.3, 0.4) is 0 Å². The highest BCUT2D eigenvalue weighted by atomic mass is 32.2. The van der Waals surface area contributed by atoms with Crippen molar-refractivity contribution in [3.63, 3.8) is 0 Å². The minimum atomic E-state index is -3.91. The van der Waals surface area contributed by atoms with Crippen molar-refractivity contribution in [2.24, 2.45) is 5.90 Å². The smallest absolute Gasteiger partial charge is 0.197 e. The second-order valence-electron chi connectivity index (χ2n) is 6.04. The van der Waals surface area contributed by atoms with Gasteiger partial charge in [0.15, 0.2) is 0 Å². The van der Waals surface area contributed by atoms with E-state index in [0.717, 1.165) is 16.7 Å². The Hall–Kier alpha value is -0.910. The predicted octanol–water partition coefficient (Wildman–Crippen LogP) is 3.64. The van der Waals surface area contributed by atoms with Gasteiger partial charge in [-0.05, 0) is 34.4 Å². The van der Waals surface area contributed by atoms with E-state index in [-0.39, 0.29) is 16.7 Å². The van der Waals surface area contributed by atoms with Gasteiger partial charge < -0.3 is 0 Å². The van der Waals surface area contributed by atoms with Gasteiger partial charge in [-0.1, -0.05) is 53.7 Å². The second kappa shape index (κ2) is 6.24. The Morgan fingerprint density at radius 2 is 1.30 bits per heavy atom. The summed E-state index contributed by atoms with van der Waals surface area (Å²) in [6.07, 6.45) is 0. The van der Waals surface area contributed by atoms with Crippen LogP contribution in [0.5, 0.6) is 0 Å². The first-order valence-corrected chi connectivity index (χ1v) is 8.33. The monoisotopic (exact) mass is 299 g/mol. The molecule has 0 bridgehead atoms. The highest BCUT2D eigenvalue weighted by Crippen LogP contribution is 2.35. The van der Waals surface area contributed by atoms with Gasteiger partial charge >= 0.3 is 10.1 Å². The van der Waals surface area contributed by atoms with Crippen molar-refractivity contribution in [2.45, 2.75) is 64.2 Å². The van der Waals surface area contributed by atoms with Gasteiger partial charge in [-0.2, -0.15) is 18.6 Å². The molecular formula is C15H25NO3S. The highest BCUT2D eigenvalue weighted by Gasteiger charge is 2.27. The molecule has 1 aromatic rings. The largest absolute Gasteiger partial charge is 0.313 e. The van der Waals surface area contributed by atoms with E-state index in [9.17, 15) is 8.42 Å². The zero-order valence-electron chi connectivity index (χ0n) is 13.1. The molecule has 1 aromatic carbocycles. The lowest BCUT2D eigenvalue weighted by molar-refractivity contribution is 0.331. The van der Waals surface area contributed by atoms with Gasteiger partial charge in [-0.15, -0.1) is 0 Å². The van der Waals surface area contributed by atoms with Crippen molar-refractivity contribution in [2.75, 3.05) is 0 Å². The molecule has 2 N–H and O–H groups in total. The van der Waals surface area contributed by atoms with Crippen LogP contribution >= 0.6 is 0 Å². The van der Waals surface area contributed by atoms with E-state index >= 15 is 0 Å². The van der Waals surface area contributed by atoms with Crippen LogP contribution in [0, 0.1) is 0 Å². The average Bonchev–Trinajstić information content (AvgIpc) is 2.36. The van der Waals surface area contributed by atoms with Gasteiger partial charge in [0.05, 0.1) is 0 Å². The Labute approximate surface area is 122 Å². The third kappa shape index (κ3) is 3.40. The maximum absolute atomic E-state index is 12.2. The van der Waals surface area contributed by atoms with Crippen molar-refractivity contribution >= 4 is 10.1 Å². The zero-order chi connectivity index (χ0) is 15.7. The molecule has 20 heavy (non-hydrogen) atoms. The first kappa shape index (κ1) is 17.1. The van der Waals surface area contributed by atoms with Crippen molar-refractivity contribution in [1.82, 2.24) is 0 Å². The van der Waals surface area contributed by atoms with E-state index in [1.54, 1.807) is 0 Å². The summed E-state index contributed by atoms with van der Waals surface area (Å²) in [5.74, 6) is 5.47. The minimum Gasteiger partial charge on any atom is -0.197 e. The molecule has 0 heterocycles. The van der Waals surface area contributed by atoms with Gasteiger partial charge in [0, 0.05) is 0 Å². The molecule has 0 atom stereocenters. The summed E-state index contributed by atoms with van der Waals surface area (Å²) in [4.78, 5) is 0.231. The van der Waals surface area contributed by atoms with Crippen molar-refractivity contribution in [3.05, 3.63) is 28.8 Å². The maximum Gasteiger partial charge on any atom is 0.313 e. The zero-order valence-corrected chi connectivity index (χ0v) is 13.9. The van der Waals surface area contributed by atoms with Gasteiger partial charge in [0.25, 0.3) is 0 Å². The lowest BCUT2D eigenvalue weighted by atomic mass is 9.89. The summed E-state index contributed by atoms with van der Waals surface area (Å²) in [5.41, 5.74) is 2.67. The molecule has 114 valence electrons. The fourth-order valence-corrected chi connectivity index (χ4v) is 3.49. The molecule has 0 aliphatic heterocycles. The van der Waals surface area contributed by atoms with Crippen LogP contribution in [0.15, 0.2) is 17.0 Å². The molecule has 0 aromatic heterocycles. The van der Waals surface area contributed by atoms with Crippen molar-refractivity contribution in [3.8, 4) is 0 Å². The van der Waals surface area contributed by atoms with E-state index in [0.29, 0.717) is 5.92 Å². The summed E-state index contributed by atoms with van der Waals surface area (Å²) in [6, 6.07) is 3.90. The summed E-state index contributed by atoms with van der Waals surface area (Å²) < 4.78 is 28.6. The standard InChI is InChI=1S/C15H25NO3S/c1-9(2)12-7-13(10(3)4)15(20(17,18)19-16)14(8-12)11(5)6/h7-11H,16H2,1-6H3. The Morgan fingerprint density at radius 1 is 0.900 bits per heavy atom. The number of rotatable bonds is 5. The van der Waals surface area contributed by atoms with Crippen LogP contribution in [-0.4, -0.2) is 8.42 Å². The van der Waals surface area contributed by atoms with E-state index in [2.05, 4.69) is 18.1 Å². The van der Waals surface area contributed by atoms with Crippen molar-refractivity contribution in [1.29, 1.82) is 0 Å². The average molecular weight is 299 g/mol. The van der Waals surface area contributed by atoms with Crippen molar-refractivity contribution < 1.29 is 12.7 Å². The number of nitrogens with two attached hydrogens (primary N) is 1. The summed E-state index contributed by atoms with van der Waals surface area (Å²) in [6.45, 7) is 12.1. The molecule has 0 amide bonds. The molecule has 5 heteroatoms. The third-order valence-corrected chi connectivity index (χ3v) is 4.68. The van der Waals surface area contributed by atoms with Gasteiger partial charge in [-0.3, -0.25) is 0 Å². The van der Waals surface area contributed by atoms with E-state index in [1.807, 2.05) is 39.8 Å². The minimum absolute atomic E-state index is 0.0751. The van der Waals surface area contributed by atoms with Gasteiger partial charge in [-0.25, -0.2) is 0 Å². The topological polar surface area (TPSA) is 69.4 Å². The molecule has 0 fully saturated rings. The lowest BCUT2D eigenvalue weighted by Crippen LogP contribution is -2.17. The molecule has 1 rings (SSSR count). The molecule has 0 saturated carbocycles. The number of hydrogen-bond acceptors (Lipinski definition) is 4. The molecule has 0 saturated heterocycles. The first-order valence-electron chi connectivity index (χ1n) is 6.92. The predicted molar refractivity (Wildman–Crippen MR) is 81.2 cm³/mol. The summed E-state index contributed by atoms with van der Waals surface area (Å²) in [7, 11) is -3.91. The Morgan fingerprint density at radius 3 is 1.55 bits per heavy atom. The second-order valence-corrected chi connectivity index (χ2v) is 7.55. The molecule has 0 aliphatic rings. The molecule has 0 aliphatic carbocycles. The highest BCUT2D eigenvalue weighted by molar-refractivity contribution is 7.86. The Kier molecular flexibility index (Phi) is 5.35. The molecule has 0 unspecified atom stereocenters.